The maximum atomic E-state index is 13.4. The summed E-state index contributed by atoms with van der Waals surface area (Å²) in [5.41, 5.74) is 5.29. The van der Waals surface area contributed by atoms with Crippen LogP contribution in [0.15, 0.2) is 95.1 Å². The molecule has 0 bridgehead atoms. The number of hydrogen-bond donors (Lipinski definition) is 2. The van der Waals surface area contributed by atoms with Gasteiger partial charge in [-0.25, -0.2) is 4.99 Å². The number of thioether (sulfide) groups is 1. The summed E-state index contributed by atoms with van der Waals surface area (Å²) in [6.07, 6.45) is 0. The lowest BCUT2D eigenvalue weighted by atomic mass is 9.94. The lowest BCUT2D eigenvalue weighted by Crippen LogP contribution is -2.32. The normalized spacial score (nSPS) is 15.5. The van der Waals surface area contributed by atoms with Crippen molar-refractivity contribution in [2.45, 2.75) is 25.6 Å². The fourth-order valence-corrected chi connectivity index (χ4v) is 4.61. The van der Waals surface area contributed by atoms with Crippen molar-refractivity contribution in [1.82, 2.24) is 5.32 Å². The number of anilines is 1. The number of amidine groups is 1. The molecule has 0 saturated heterocycles. The van der Waals surface area contributed by atoms with E-state index in [-0.39, 0.29) is 5.91 Å². The van der Waals surface area contributed by atoms with Crippen molar-refractivity contribution >= 4 is 28.5 Å². The number of aryl methyl sites for hydroxylation is 1. The van der Waals surface area contributed by atoms with Crippen LogP contribution in [0.25, 0.3) is 0 Å². The third-order valence-corrected chi connectivity index (χ3v) is 6.42. The molecule has 5 nitrogen and oxygen atoms in total. The summed E-state index contributed by atoms with van der Waals surface area (Å²) in [5, 5.41) is 7.14. The number of methoxy groups -OCH3 is 1. The molecule has 1 aliphatic heterocycles. The second kappa shape index (κ2) is 10.4. The number of rotatable bonds is 6. The first-order valence-corrected chi connectivity index (χ1v) is 11.8. The summed E-state index contributed by atoms with van der Waals surface area (Å²) in [6, 6.07) is 25.3. The van der Waals surface area contributed by atoms with Crippen molar-refractivity contribution in [3.8, 4) is 5.75 Å². The minimum Gasteiger partial charge on any atom is -0.496 e. The summed E-state index contributed by atoms with van der Waals surface area (Å²) in [7, 11) is 1.66. The molecule has 1 heterocycles. The van der Waals surface area contributed by atoms with E-state index >= 15 is 0 Å². The second-order valence-electron chi connectivity index (χ2n) is 7.82. The number of allylic oxidation sites excluding steroid dienone is 1. The number of ether oxygens (including phenoxy) is 1. The molecule has 3 aromatic carbocycles. The van der Waals surface area contributed by atoms with Gasteiger partial charge in [0.05, 0.1) is 12.7 Å². The smallest absolute Gasteiger partial charge is 0.255 e. The number of hydrogen-bond acceptors (Lipinski definition) is 5. The van der Waals surface area contributed by atoms with E-state index in [2.05, 4.69) is 22.8 Å². The molecule has 0 aliphatic carbocycles. The van der Waals surface area contributed by atoms with Crippen molar-refractivity contribution in [3.63, 3.8) is 0 Å². The van der Waals surface area contributed by atoms with Crippen molar-refractivity contribution in [2.75, 3.05) is 12.4 Å². The molecule has 33 heavy (non-hydrogen) atoms. The predicted octanol–water partition coefficient (Wildman–Crippen LogP) is 5.85. The van der Waals surface area contributed by atoms with Crippen molar-refractivity contribution in [3.05, 3.63) is 107 Å². The molecule has 1 amide bonds. The van der Waals surface area contributed by atoms with Crippen LogP contribution in [-0.4, -0.2) is 18.2 Å². The maximum Gasteiger partial charge on any atom is 0.255 e. The molecule has 168 valence electrons. The van der Waals surface area contributed by atoms with Crippen molar-refractivity contribution < 1.29 is 9.53 Å². The molecule has 0 aromatic heterocycles. The number of benzene rings is 3. The number of nitrogens with one attached hydrogen (secondary N) is 2. The molecule has 0 spiro atoms. The van der Waals surface area contributed by atoms with E-state index < -0.39 is 6.04 Å². The molecule has 0 fully saturated rings. The number of para-hydroxylation sites is 1. The average molecular weight is 458 g/mol. The van der Waals surface area contributed by atoms with E-state index in [0.29, 0.717) is 5.57 Å². The van der Waals surface area contributed by atoms with E-state index in [9.17, 15) is 4.79 Å². The van der Waals surface area contributed by atoms with Crippen LogP contribution in [0.4, 0.5) is 5.69 Å². The van der Waals surface area contributed by atoms with Crippen LogP contribution in [0.5, 0.6) is 5.75 Å². The van der Waals surface area contributed by atoms with Crippen molar-refractivity contribution in [2.24, 2.45) is 4.99 Å². The molecule has 2 N–H and O–H groups in total. The SMILES string of the molecule is COc1cc([C@H]2N=C(SCc3ccccc3)NC(C)=C2C(=O)Nc2ccccc2)ccc1C. The van der Waals surface area contributed by atoms with E-state index in [1.165, 1.54) is 5.56 Å². The van der Waals surface area contributed by atoms with Gasteiger partial charge in [-0.15, -0.1) is 0 Å². The van der Waals surface area contributed by atoms with Gasteiger partial charge in [-0.3, -0.25) is 4.79 Å². The molecule has 0 unspecified atom stereocenters. The standard InChI is InChI=1S/C27H27N3O2S/c1-18-14-15-21(16-23(18)32-3)25-24(26(31)29-22-12-8-5-9-13-22)19(2)28-27(30-25)33-17-20-10-6-4-7-11-20/h4-16,25H,17H2,1-3H3,(H,28,30)(H,29,31)/t25-/m1/s1. The topological polar surface area (TPSA) is 62.7 Å². The highest BCUT2D eigenvalue weighted by atomic mass is 32.2. The first-order chi connectivity index (χ1) is 16.0. The number of nitrogens with zero attached hydrogens (tertiary/aromatic N) is 1. The fourth-order valence-electron chi connectivity index (χ4n) is 3.71. The molecule has 1 atom stereocenters. The Morgan fingerprint density at radius 3 is 2.42 bits per heavy atom. The van der Waals surface area contributed by atoms with Gasteiger partial charge in [-0.2, -0.15) is 0 Å². The summed E-state index contributed by atoms with van der Waals surface area (Å²) in [6.45, 7) is 3.93. The average Bonchev–Trinajstić information content (AvgIpc) is 2.84. The minimum absolute atomic E-state index is 0.174. The van der Waals surface area contributed by atoms with E-state index in [1.807, 2.05) is 80.6 Å². The van der Waals surface area contributed by atoms with Gasteiger partial charge >= 0.3 is 0 Å². The molecule has 3 aromatic rings. The van der Waals surface area contributed by atoms with Gasteiger partial charge in [-0.05, 0) is 48.7 Å². The number of carbonyl (C=O) groups excluding carboxylic acids is 1. The number of carbonyl (C=O) groups is 1. The third-order valence-electron chi connectivity index (χ3n) is 5.46. The van der Waals surface area contributed by atoms with Gasteiger partial charge in [0.25, 0.3) is 5.91 Å². The van der Waals surface area contributed by atoms with E-state index in [1.54, 1.807) is 18.9 Å². The summed E-state index contributed by atoms with van der Waals surface area (Å²) < 4.78 is 5.54. The summed E-state index contributed by atoms with van der Waals surface area (Å²) in [5.74, 6) is 1.39. The molecule has 6 heteroatoms. The largest absolute Gasteiger partial charge is 0.496 e. The van der Waals surface area contributed by atoms with Crippen LogP contribution >= 0.6 is 11.8 Å². The van der Waals surface area contributed by atoms with Crippen LogP contribution in [0.1, 0.15) is 29.7 Å². The summed E-state index contributed by atoms with van der Waals surface area (Å²) in [4.78, 5) is 18.3. The molecule has 0 radical (unpaired) electrons. The Bertz CT molecular complexity index is 1190. The van der Waals surface area contributed by atoms with Gasteiger partial charge < -0.3 is 15.4 Å². The zero-order valence-electron chi connectivity index (χ0n) is 19.0. The first kappa shape index (κ1) is 22.7. The quantitative estimate of drug-likeness (QED) is 0.487. The second-order valence-corrected chi connectivity index (χ2v) is 8.79. The highest BCUT2D eigenvalue weighted by molar-refractivity contribution is 8.13. The Balaban J connectivity index is 1.66. The van der Waals surface area contributed by atoms with Crippen LogP contribution in [0, 0.1) is 6.92 Å². The van der Waals surface area contributed by atoms with Gasteiger partial charge in [0.2, 0.25) is 0 Å². The van der Waals surface area contributed by atoms with Crippen LogP contribution in [0.3, 0.4) is 0 Å². The molecular formula is C27H27N3O2S. The Hall–Kier alpha value is -3.51. The molecule has 1 aliphatic rings. The number of aliphatic imine (C=N–C) groups is 1. The first-order valence-electron chi connectivity index (χ1n) is 10.8. The zero-order chi connectivity index (χ0) is 23.2. The van der Waals surface area contributed by atoms with Gasteiger partial charge in [-0.1, -0.05) is 72.4 Å². The highest BCUT2D eigenvalue weighted by Crippen LogP contribution is 2.35. The Morgan fingerprint density at radius 2 is 1.73 bits per heavy atom. The van der Waals surface area contributed by atoms with E-state index in [0.717, 1.165) is 39.2 Å². The lowest BCUT2D eigenvalue weighted by Gasteiger charge is -2.27. The Labute approximate surface area is 199 Å². The van der Waals surface area contributed by atoms with Gasteiger partial charge in [0, 0.05) is 17.1 Å². The lowest BCUT2D eigenvalue weighted by molar-refractivity contribution is -0.113. The predicted molar refractivity (Wildman–Crippen MR) is 137 cm³/mol. The monoisotopic (exact) mass is 457 g/mol. The molecule has 4 rings (SSSR count). The van der Waals surface area contributed by atoms with Crippen LogP contribution in [-0.2, 0) is 10.5 Å². The highest BCUT2D eigenvalue weighted by Gasteiger charge is 2.30. The van der Waals surface area contributed by atoms with Crippen molar-refractivity contribution in [1.29, 1.82) is 0 Å². The number of amides is 1. The van der Waals surface area contributed by atoms with Gasteiger partial charge in [0.15, 0.2) is 5.17 Å². The fraction of sp³-hybridized carbons (Fsp3) is 0.185. The van der Waals surface area contributed by atoms with Gasteiger partial charge in [0.1, 0.15) is 11.8 Å². The van der Waals surface area contributed by atoms with Crippen LogP contribution in [0.2, 0.25) is 0 Å². The Morgan fingerprint density at radius 1 is 1.03 bits per heavy atom. The molecule has 0 saturated carbocycles. The molecular weight excluding hydrogens is 430 g/mol. The summed E-state index contributed by atoms with van der Waals surface area (Å²) >= 11 is 1.63. The van der Waals surface area contributed by atoms with Crippen LogP contribution < -0.4 is 15.4 Å². The minimum atomic E-state index is -0.442. The van der Waals surface area contributed by atoms with E-state index in [4.69, 9.17) is 9.73 Å². The Kier molecular flexibility index (Phi) is 7.15. The zero-order valence-corrected chi connectivity index (χ0v) is 19.8. The third kappa shape index (κ3) is 5.46. The maximum absolute atomic E-state index is 13.4.